The van der Waals surface area contributed by atoms with Gasteiger partial charge in [-0.1, -0.05) is 13.0 Å². The second-order valence-electron chi connectivity index (χ2n) is 4.05. The van der Waals surface area contributed by atoms with Crippen LogP contribution in [-0.4, -0.2) is 49.8 Å². The maximum Gasteiger partial charge on any atom is 0.261 e. The third-order valence-corrected chi connectivity index (χ3v) is 2.79. The molecule has 1 aromatic carbocycles. The Morgan fingerprint density at radius 2 is 1.79 bits per heavy atom. The van der Waals surface area contributed by atoms with Crippen LogP contribution in [0.5, 0.6) is 11.5 Å². The lowest BCUT2D eigenvalue weighted by atomic mass is 10.1. The standard InChI is InChI=1S/C14H21NO4/c1-4-8-15(9-10-16)14(17)13-11(18-2)6-5-7-12(13)19-3/h5-7,16H,4,8-10H2,1-3H3. The number of carbonyl (C=O) groups excluding carboxylic acids is 1. The lowest BCUT2D eigenvalue weighted by Gasteiger charge is -2.23. The van der Waals surface area contributed by atoms with E-state index >= 15 is 0 Å². The number of nitrogens with zero attached hydrogens (tertiary/aromatic N) is 1. The van der Waals surface area contributed by atoms with Gasteiger partial charge in [-0.05, 0) is 18.6 Å². The molecule has 19 heavy (non-hydrogen) atoms. The smallest absolute Gasteiger partial charge is 0.261 e. The van der Waals surface area contributed by atoms with E-state index in [0.717, 1.165) is 6.42 Å². The number of amides is 1. The molecule has 1 rings (SSSR count). The molecule has 0 aliphatic rings. The zero-order valence-electron chi connectivity index (χ0n) is 11.7. The largest absolute Gasteiger partial charge is 0.496 e. The molecule has 0 aromatic heterocycles. The van der Waals surface area contributed by atoms with Gasteiger partial charge in [0.15, 0.2) is 0 Å². The van der Waals surface area contributed by atoms with E-state index in [1.807, 2.05) is 6.92 Å². The molecule has 0 aliphatic carbocycles. The van der Waals surface area contributed by atoms with Crippen LogP contribution in [0.25, 0.3) is 0 Å². The van der Waals surface area contributed by atoms with Crippen molar-refractivity contribution >= 4 is 5.91 Å². The van der Waals surface area contributed by atoms with Crippen LogP contribution < -0.4 is 9.47 Å². The van der Waals surface area contributed by atoms with Gasteiger partial charge >= 0.3 is 0 Å². The predicted molar refractivity (Wildman–Crippen MR) is 72.8 cm³/mol. The number of hydrogen-bond donors (Lipinski definition) is 1. The first-order valence-corrected chi connectivity index (χ1v) is 6.30. The van der Waals surface area contributed by atoms with E-state index in [2.05, 4.69) is 0 Å². The molecule has 5 nitrogen and oxygen atoms in total. The van der Waals surface area contributed by atoms with E-state index in [4.69, 9.17) is 14.6 Å². The van der Waals surface area contributed by atoms with Gasteiger partial charge in [-0.15, -0.1) is 0 Å². The van der Waals surface area contributed by atoms with Crippen LogP contribution in [0.4, 0.5) is 0 Å². The van der Waals surface area contributed by atoms with Crippen molar-refractivity contribution in [3.8, 4) is 11.5 Å². The van der Waals surface area contributed by atoms with Crippen LogP contribution in [-0.2, 0) is 0 Å². The van der Waals surface area contributed by atoms with Crippen molar-refractivity contribution in [2.75, 3.05) is 33.9 Å². The number of aliphatic hydroxyl groups is 1. The minimum Gasteiger partial charge on any atom is -0.496 e. The van der Waals surface area contributed by atoms with Gasteiger partial charge in [-0.3, -0.25) is 4.79 Å². The van der Waals surface area contributed by atoms with Crippen molar-refractivity contribution in [3.05, 3.63) is 23.8 Å². The average molecular weight is 267 g/mol. The number of methoxy groups -OCH3 is 2. The van der Waals surface area contributed by atoms with Crippen molar-refractivity contribution in [3.63, 3.8) is 0 Å². The van der Waals surface area contributed by atoms with Gasteiger partial charge < -0.3 is 19.5 Å². The summed E-state index contributed by atoms with van der Waals surface area (Å²) in [5, 5.41) is 9.06. The van der Waals surface area contributed by atoms with Gasteiger partial charge in [0.25, 0.3) is 5.91 Å². The Kier molecular flexibility index (Phi) is 6.15. The highest BCUT2D eigenvalue weighted by molar-refractivity contribution is 5.99. The Bertz CT molecular complexity index is 392. The van der Waals surface area contributed by atoms with E-state index in [1.165, 1.54) is 14.2 Å². The topological polar surface area (TPSA) is 59.0 Å². The summed E-state index contributed by atoms with van der Waals surface area (Å²) in [7, 11) is 3.03. The highest BCUT2D eigenvalue weighted by Crippen LogP contribution is 2.29. The molecule has 0 fully saturated rings. The van der Waals surface area contributed by atoms with E-state index in [-0.39, 0.29) is 12.5 Å². The van der Waals surface area contributed by atoms with Crippen LogP contribution in [0.2, 0.25) is 0 Å². The minimum atomic E-state index is -0.190. The first-order chi connectivity index (χ1) is 9.19. The molecule has 0 saturated carbocycles. The quantitative estimate of drug-likeness (QED) is 0.814. The molecule has 0 atom stereocenters. The zero-order chi connectivity index (χ0) is 14.3. The summed E-state index contributed by atoms with van der Waals surface area (Å²) < 4.78 is 10.5. The highest BCUT2D eigenvalue weighted by Gasteiger charge is 2.22. The molecular formula is C14H21NO4. The lowest BCUT2D eigenvalue weighted by molar-refractivity contribution is 0.0715. The molecule has 5 heteroatoms. The molecule has 0 bridgehead atoms. The summed E-state index contributed by atoms with van der Waals surface area (Å²) in [6.07, 6.45) is 0.823. The Hall–Kier alpha value is -1.75. The monoisotopic (exact) mass is 267 g/mol. The first kappa shape index (κ1) is 15.3. The number of carbonyl (C=O) groups is 1. The number of aliphatic hydroxyl groups excluding tert-OH is 1. The molecule has 0 saturated heterocycles. The van der Waals surface area contributed by atoms with Crippen LogP contribution in [0.1, 0.15) is 23.7 Å². The van der Waals surface area contributed by atoms with Gasteiger partial charge in [-0.25, -0.2) is 0 Å². The maximum atomic E-state index is 12.5. The van der Waals surface area contributed by atoms with Crippen LogP contribution in [0.3, 0.4) is 0 Å². The third-order valence-electron chi connectivity index (χ3n) is 2.79. The van der Waals surface area contributed by atoms with Crippen LogP contribution in [0, 0.1) is 0 Å². The van der Waals surface area contributed by atoms with Crippen LogP contribution >= 0.6 is 0 Å². The van der Waals surface area contributed by atoms with Crippen molar-refractivity contribution in [2.24, 2.45) is 0 Å². The van der Waals surface area contributed by atoms with Crippen molar-refractivity contribution in [1.82, 2.24) is 4.90 Å². The third kappa shape index (κ3) is 3.61. The molecule has 0 unspecified atom stereocenters. The second-order valence-corrected chi connectivity index (χ2v) is 4.05. The first-order valence-electron chi connectivity index (χ1n) is 6.30. The number of rotatable bonds is 7. The summed E-state index contributed by atoms with van der Waals surface area (Å²) in [6, 6.07) is 5.21. The highest BCUT2D eigenvalue weighted by atomic mass is 16.5. The van der Waals surface area contributed by atoms with Gasteiger partial charge in [0.2, 0.25) is 0 Å². The Morgan fingerprint density at radius 1 is 1.21 bits per heavy atom. The molecule has 0 aliphatic heterocycles. The van der Waals surface area contributed by atoms with E-state index < -0.39 is 0 Å². The molecule has 0 heterocycles. The summed E-state index contributed by atoms with van der Waals surface area (Å²) in [5.74, 6) is 0.761. The van der Waals surface area contributed by atoms with E-state index in [0.29, 0.717) is 30.2 Å². The van der Waals surface area contributed by atoms with Gasteiger partial charge in [0, 0.05) is 13.1 Å². The fourth-order valence-corrected chi connectivity index (χ4v) is 1.93. The SMILES string of the molecule is CCCN(CCO)C(=O)c1c(OC)cccc1OC. The van der Waals surface area contributed by atoms with Crippen molar-refractivity contribution in [1.29, 1.82) is 0 Å². The molecule has 1 amide bonds. The minimum absolute atomic E-state index is 0.0663. The van der Waals surface area contributed by atoms with Crippen LogP contribution in [0.15, 0.2) is 18.2 Å². The molecule has 0 spiro atoms. The second kappa shape index (κ2) is 7.63. The Balaban J connectivity index is 3.14. The van der Waals surface area contributed by atoms with Gasteiger partial charge in [-0.2, -0.15) is 0 Å². The molecule has 106 valence electrons. The lowest BCUT2D eigenvalue weighted by Crippen LogP contribution is -2.34. The Labute approximate surface area is 113 Å². The summed E-state index contributed by atoms with van der Waals surface area (Å²) >= 11 is 0. The average Bonchev–Trinajstić information content (AvgIpc) is 2.45. The fraction of sp³-hybridized carbons (Fsp3) is 0.500. The molecule has 0 radical (unpaired) electrons. The summed E-state index contributed by atoms with van der Waals surface area (Å²) in [6.45, 7) is 2.80. The summed E-state index contributed by atoms with van der Waals surface area (Å²) in [5.41, 5.74) is 0.398. The maximum absolute atomic E-state index is 12.5. The molecule has 1 aromatic rings. The number of benzene rings is 1. The van der Waals surface area contributed by atoms with Gasteiger partial charge in [0.05, 0.1) is 20.8 Å². The Morgan fingerprint density at radius 3 is 2.21 bits per heavy atom. The molecular weight excluding hydrogens is 246 g/mol. The predicted octanol–water partition coefficient (Wildman–Crippen LogP) is 1.55. The van der Waals surface area contributed by atoms with E-state index in [1.54, 1.807) is 23.1 Å². The van der Waals surface area contributed by atoms with Crippen molar-refractivity contribution in [2.45, 2.75) is 13.3 Å². The summed E-state index contributed by atoms with van der Waals surface area (Å²) in [4.78, 5) is 14.1. The van der Waals surface area contributed by atoms with E-state index in [9.17, 15) is 4.79 Å². The molecule has 1 N–H and O–H groups in total. The van der Waals surface area contributed by atoms with Crippen molar-refractivity contribution < 1.29 is 19.4 Å². The fourth-order valence-electron chi connectivity index (χ4n) is 1.93. The number of ether oxygens (including phenoxy) is 2. The van der Waals surface area contributed by atoms with Gasteiger partial charge in [0.1, 0.15) is 17.1 Å². The normalized spacial score (nSPS) is 10.1. The number of hydrogen-bond acceptors (Lipinski definition) is 4. The zero-order valence-corrected chi connectivity index (χ0v) is 11.7.